The zero-order chi connectivity index (χ0) is 23.9. The SMILES string of the molecule is O=C(COC(=O)c1cn(-c2ccccc2)nc1-c1cccs1)NCC(=O)Nc1ccc(F)cc1. The van der Waals surface area contributed by atoms with E-state index in [0.717, 1.165) is 10.6 Å². The van der Waals surface area contributed by atoms with Gasteiger partial charge in [0.05, 0.1) is 17.1 Å². The lowest BCUT2D eigenvalue weighted by Crippen LogP contribution is -2.35. The van der Waals surface area contributed by atoms with Crippen LogP contribution in [-0.4, -0.2) is 40.7 Å². The van der Waals surface area contributed by atoms with E-state index in [1.54, 1.807) is 10.9 Å². The number of esters is 1. The Morgan fingerprint density at radius 1 is 0.971 bits per heavy atom. The summed E-state index contributed by atoms with van der Waals surface area (Å²) in [6.07, 6.45) is 1.56. The Hall–Kier alpha value is -4.31. The number of aromatic nitrogens is 2. The fourth-order valence-corrected chi connectivity index (χ4v) is 3.73. The van der Waals surface area contributed by atoms with Crippen LogP contribution in [0.4, 0.5) is 10.1 Å². The number of amides is 2. The fourth-order valence-electron chi connectivity index (χ4n) is 3.01. The van der Waals surface area contributed by atoms with Crippen LogP contribution in [0.5, 0.6) is 0 Å². The van der Waals surface area contributed by atoms with E-state index in [1.165, 1.54) is 35.6 Å². The summed E-state index contributed by atoms with van der Waals surface area (Å²) in [5.41, 5.74) is 1.82. The Kier molecular flexibility index (Phi) is 7.09. The normalized spacial score (nSPS) is 10.5. The van der Waals surface area contributed by atoms with Crippen LogP contribution in [0.2, 0.25) is 0 Å². The zero-order valence-corrected chi connectivity index (χ0v) is 18.5. The minimum atomic E-state index is -0.712. The molecule has 8 nitrogen and oxygen atoms in total. The Balaban J connectivity index is 1.36. The molecule has 2 heterocycles. The van der Waals surface area contributed by atoms with Gasteiger partial charge in [-0.2, -0.15) is 5.10 Å². The first kappa shape index (κ1) is 22.9. The van der Waals surface area contributed by atoms with Gasteiger partial charge in [-0.3, -0.25) is 9.59 Å². The standard InChI is InChI=1S/C24H19FN4O4S/c25-16-8-10-17(11-9-16)27-21(30)13-26-22(31)15-33-24(32)19-14-29(18-5-2-1-3-6-18)28-23(19)20-7-4-12-34-20/h1-12,14H,13,15H2,(H,26,31)(H,27,30). The molecule has 0 fully saturated rings. The van der Waals surface area contributed by atoms with Gasteiger partial charge in [0.15, 0.2) is 6.61 Å². The Labute approximate surface area is 198 Å². The predicted molar refractivity (Wildman–Crippen MR) is 125 cm³/mol. The van der Waals surface area contributed by atoms with Gasteiger partial charge in [-0.25, -0.2) is 13.9 Å². The third kappa shape index (κ3) is 5.73. The van der Waals surface area contributed by atoms with Crippen molar-refractivity contribution in [3.8, 4) is 16.3 Å². The minimum absolute atomic E-state index is 0.216. The number of para-hydroxylation sites is 1. The van der Waals surface area contributed by atoms with Crippen LogP contribution in [0.15, 0.2) is 78.3 Å². The molecule has 2 N–H and O–H groups in total. The number of carbonyl (C=O) groups excluding carboxylic acids is 3. The highest BCUT2D eigenvalue weighted by Crippen LogP contribution is 2.28. The van der Waals surface area contributed by atoms with Gasteiger partial charge < -0.3 is 15.4 Å². The molecule has 0 spiro atoms. The average molecular weight is 479 g/mol. The van der Waals surface area contributed by atoms with Crippen molar-refractivity contribution in [2.75, 3.05) is 18.5 Å². The first-order valence-corrected chi connectivity index (χ1v) is 11.1. The number of carbonyl (C=O) groups is 3. The van der Waals surface area contributed by atoms with Gasteiger partial charge in [0, 0.05) is 11.9 Å². The second-order valence-electron chi connectivity index (χ2n) is 7.06. The number of thiophene rings is 1. The number of nitrogens with one attached hydrogen (secondary N) is 2. The molecular weight excluding hydrogens is 459 g/mol. The molecule has 2 amide bonds. The second kappa shape index (κ2) is 10.5. The van der Waals surface area contributed by atoms with Crippen molar-refractivity contribution in [1.82, 2.24) is 15.1 Å². The summed E-state index contributed by atoms with van der Waals surface area (Å²) < 4.78 is 19.7. The summed E-state index contributed by atoms with van der Waals surface area (Å²) in [5.74, 6) is -2.28. The van der Waals surface area contributed by atoms with Gasteiger partial charge in [-0.15, -0.1) is 11.3 Å². The highest BCUT2D eigenvalue weighted by Gasteiger charge is 2.21. The van der Waals surface area contributed by atoms with Gasteiger partial charge in [-0.05, 0) is 47.8 Å². The Bertz CT molecular complexity index is 1290. The minimum Gasteiger partial charge on any atom is -0.452 e. The summed E-state index contributed by atoms with van der Waals surface area (Å²) in [7, 11) is 0. The first-order chi connectivity index (χ1) is 16.5. The van der Waals surface area contributed by atoms with Crippen molar-refractivity contribution in [2.45, 2.75) is 0 Å². The van der Waals surface area contributed by atoms with E-state index in [9.17, 15) is 18.8 Å². The molecule has 0 aliphatic heterocycles. The maximum atomic E-state index is 12.9. The summed E-state index contributed by atoms with van der Waals surface area (Å²) in [5, 5.41) is 11.3. The number of hydrogen-bond acceptors (Lipinski definition) is 6. The van der Waals surface area contributed by atoms with Crippen molar-refractivity contribution >= 4 is 34.8 Å². The van der Waals surface area contributed by atoms with Crippen LogP contribution in [0.25, 0.3) is 16.3 Å². The molecule has 2 aromatic heterocycles. The van der Waals surface area contributed by atoms with E-state index >= 15 is 0 Å². The molecule has 0 bridgehead atoms. The average Bonchev–Trinajstić information content (AvgIpc) is 3.53. The predicted octanol–water partition coefficient (Wildman–Crippen LogP) is 3.65. The highest BCUT2D eigenvalue weighted by molar-refractivity contribution is 7.13. The van der Waals surface area contributed by atoms with Crippen molar-refractivity contribution in [3.63, 3.8) is 0 Å². The van der Waals surface area contributed by atoms with Gasteiger partial charge in [0.1, 0.15) is 17.1 Å². The number of benzene rings is 2. The third-order valence-corrected chi connectivity index (χ3v) is 5.49. The van der Waals surface area contributed by atoms with Gasteiger partial charge in [-0.1, -0.05) is 24.3 Å². The molecule has 0 saturated carbocycles. The zero-order valence-electron chi connectivity index (χ0n) is 17.7. The lowest BCUT2D eigenvalue weighted by atomic mass is 10.2. The molecule has 0 aliphatic carbocycles. The van der Waals surface area contributed by atoms with Gasteiger partial charge in [0.2, 0.25) is 5.91 Å². The Morgan fingerprint density at radius 2 is 1.74 bits per heavy atom. The number of nitrogens with zero attached hydrogens (tertiary/aromatic N) is 2. The number of hydrogen-bond donors (Lipinski definition) is 2. The summed E-state index contributed by atoms with van der Waals surface area (Å²) >= 11 is 1.43. The van der Waals surface area contributed by atoms with Crippen LogP contribution in [0.1, 0.15) is 10.4 Å². The maximum absolute atomic E-state index is 12.9. The summed E-state index contributed by atoms with van der Waals surface area (Å²) in [6, 6.07) is 18.2. The Morgan fingerprint density at radius 3 is 2.44 bits per heavy atom. The van der Waals surface area contributed by atoms with Crippen molar-refractivity contribution in [3.05, 3.63) is 89.7 Å². The van der Waals surface area contributed by atoms with Crippen LogP contribution < -0.4 is 10.6 Å². The maximum Gasteiger partial charge on any atom is 0.342 e. The third-order valence-electron chi connectivity index (χ3n) is 4.62. The molecule has 0 atom stereocenters. The number of halogens is 1. The summed E-state index contributed by atoms with van der Waals surface area (Å²) in [4.78, 5) is 37.6. The molecule has 0 radical (unpaired) electrons. The lowest BCUT2D eigenvalue weighted by Gasteiger charge is -2.07. The number of rotatable bonds is 8. The molecule has 172 valence electrons. The largest absolute Gasteiger partial charge is 0.452 e. The lowest BCUT2D eigenvalue weighted by molar-refractivity contribution is -0.126. The van der Waals surface area contributed by atoms with Crippen LogP contribution in [-0.2, 0) is 14.3 Å². The smallest absolute Gasteiger partial charge is 0.342 e. The molecule has 34 heavy (non-hydrogen) atoms. The van der Waals surface area contributed by atoms with E-state index in [4.69, 9.17) is 4.74 Å². The van der Waals surface area contributed by atoms with Crippen LogP contribution in [0.3, 0.4) is 0 Å². The molecule has 0 aliphatic rings. The van der Waals surface area contributed by atoms with Gasteiger partial charge in [0.25, 0.3) is 5.91 Å². The molecule has 0 saturated heterocycles. The van der Waals surface area contributed by atoms with Crippen LogP contribution >= 0.6 is 11.3 Å². The molecule has 0 unspecified atom stereocenters. The van der Waals surface area contributed by atoms with Gasteiger partial charge >= 0.3 is 5.97 Å². The summed E-state index contributed by atoms with van der Waals surface area (Å²) in [6.45, 7) is -0.900. The van der Waals surface area contributed by atoms with Crippen LogP contribution in [0, 0.1) is 5.82 Å². The monoisotopic (exact) mass is 478 g/mol. The number of ether oxygens (including phenoxy) is 1. The van der Waals surface area contributed by atoms with E-state index in [0.29, 0.717) is 11.4 Å². The highest BCUT2D eigenvalue weighted by atomic mass is 32.1. The topological polar surface area (TPSA) is 102 Å². The van der Waals surface area contributed by atoms with E-state index < -0.39 is 30.2 Å². The molecule has 4 aromatic rings. The first-order valence-electron chi connectivity index (χ1n) is 10.2. The van der Waals surface area contributed by atoms with Crippen molar-refractivity contribution < 1.29 is 23.5 Å². The van der Waals surface area contributed by atoms with Crippen molar-refractivity contribution in [2.24, 2.45) is 0 Å². The molecular formula is C24H19FN4O4S. The van der Waals surface area contributed by atoms with E-state index in [-0.39, 0.29) is 12.1 Å². The van der Waals surface area contributed by atoms with E-state index in [1.807, 2.05) is 47.8 Å². The van der Waals surface area contributed by atoms with Crippen molar-refractivity contribution in [1.29, 1.82) is 0 Å². The molecule has 2 aromatic carbocycles. The fraction of sp³-hybridized carbons (Fsp3) is 0.0833. The number of anilines is 1. The molecule has 4 rings (SSSR count). The quantitative estimate of drug-likeness (QED) is 0.377. The molecule has 10 heteroatoms. The van der Waals surface area contributed by atoms with E-state index in [2.05, 4.69) is 15.7 Å². The second-order valence-corrected chi connectivity index (χ2v) is 8.00.